The second kappa shape index (κ2) is 8.10. The van der Waals surface area contributed by atoms with Crippen LogP contribution >= 0.6 is 0 Å². The van der Waals surface area contributed by atoms with Gasteiger partial charge in [0.15, 0.2) is 0 Å². The number of nitrogens with zero attached hydrogens (tertiary/aromatic N) is 5. The molecule has 158 valence electrons. The van der Waals surface area contributed by atoms with Crippen molar-refractivity contribution < 1.29 is 14.3 Å². The third kappa shape index (κ3) is 3.67. The Balaban J connectivity index is 1.63. The number of carbonyl (C=O) groups excluding carboxylic acids is 2. The molecule has 4 rings (SSSR count). The molecule has 2 aromatic heterocycles. The molecule has 2 aromatic rings. The Labute approximate surface area is 176 Å². The number of anilines is 1. The van der Waals surface area contributed by atoms with Crippen LogP contribution in [0.2, 0.25) is 0 Å². The van der Waals surface area contributed by atoms with Crippen molar-refractivity contribution in [3.8, 4) is 0 Å². The summed E-state index contributed by atoms with van der Waals surface area (Å²) >= 11 is 0. The van der Waals surface area contributed by atoms with E-state index in [0.29, 0.717) is 49.9 Å². The number of piperidine rings is 1. The molecule has 1 saturated heterocycles. The first kappa shape index (κ1) is 20.4. The van der Waals surface area contributed by atoms with Crippen LogP contribution in [0.25, 0.3) is 0 Å². The Morgan fingerprint density at radius 3 is 2.77 bits per heavy atom. The number of carbonyl (C=O) groups is 2. The third-order valence-corrected chi connectivity index (χ3v) is 6.05. The molecule has 0 spiro atoms. The van der Waals surface area contributed by atoms with Gasteiger partial charge in [-0.1, -0.05) is 6.92 Å². The zero-order valence-electron chi connectivity index (χ0n) is 17.7. The van der Waals surface area contributed by atoms with Crippen LogP contribution in [-0.4, -0.2) is 65.0 Å². The Morgan fingerprint density at radius 1 is 1.27 bits per heavy atom. The predicted molar refractivity (Wildman–Crippen MR) is 111 cm³/mol. The number of likely N-dealkylation sites (tertiary alicyclic amines) is 1. The van der Waals surface area contributed by atoms with Gasteiger partial charge in [-0.3, -0.25) is 19.5 Å². The fourth-order valence-electron chi connectivity index (χ4n) is 4.33. The van der Waals surface area contributed by atoms with Crippen molar-refractivity contribution in [2.45, 2.75) is 38.5 Å². The van der Waals surface area contributed by atoms with Gasteiger partial charge in [-0.2, -0.15) is 0 Å². The molecule has 30 heavy (non-hydrogen) atoms. The maximum atomic E-state index is 13.0. The summed E-state index contributed by atoms with van der Waals surface area (Å²) in [7, 11) is 1.62. The highest BCUT2D eigenvalue weighted by Gasteiger charge is 2.40. The quantitative estimate of drug-likeness (QED) is 0.750. The topological polar surface area (TPSA) is 88.5 Å². The number of methoxy groups -OCH3 is 1. The summed E-state index contributed by atoms with van der Waals surface area (Å²) in [5.41, 5.74) is 1.99. The third-order valence-electron chi connectivity index (χ3n) is 6.05. The van der Waals surface area contributed by atoms with Gasteiger partial charge in [0.1, 0.15) is 11.6 Å². The number of aromatic nitrogens is 3. The predicted octanol–water partition coefficient (Wildman–Crippen LogP) is 1.91. The SMILES string of the molecule is COCCN1C(=O)Cc2c(C)nc(C3(C)CCCN(C(=O)c4ccncc4)C3)nc21. The smallest absolute Gasteiger partial charge is 0.253 e. The standard InChI is InChI=1S/C22H27N5O3/c1-15-17-13-18(28)27(11-12-30-3)19(17)25-21(24-15)22(2)7-4-10-26(14-22)20(29)16-5-8-23-9-6-16/h5-6,8-9H,4,7,10-14H2,1-3H3. The van der Waals surface area contributed by atoms with E-state index < -0.39 is 0 Å². The molecule has 1 fully saturated rings. The number of ether oxygens (including phenoxy) is 1. The lowest BCUT2D eigenvalue weighted by atomic mass is 9.80. The molecule has 0 N–H and O–H groups in total. The summed E-state index contributed by atoms with van der Waals surface area (Å²) in [4.78, 5) is 42.7. The molecule has 0 bridgehead atoms. The van der Waals surface area contributed by atoms with Crippen molar-refractivity contribution in [2.24, 2.45) is 0 Å². The highest BCUT2D eigenvalue weighted by molar-refractivity contribution is 6.00. The van der Waals surface area contributed by atoms with E-state index in [4.69, 9.17) is 14.7 Å². The second-order valence-corrected chi connectivity index (χ2v) is 8.28. The van der Waals surface area contributed by atoms with Crippen LogP contribution in [0.5, 0.6) is 0 Å². The number of hydrogen-bond donors (Lipinski definition) is 0. The average molecular weight is 409 g/mol. The van der Waals surface area contributed by atoms with E-state index in [-0.39, 0.29) is 17.2 Å². The Morgan fingerprint density at radius 2 is 2.03 bits per heavy atom. The van der Waals surface area contributed by atoms with Gasteiger partial charge in [0.2, 0.25) is 5.91 Å². The minimum absolute atomic E-state index is 0.00175. The van der Waals surface area contributed by atoms with Crippen molar-refractivity contribution in [1.29, 1.82) is 0 Å². The molecule has 8 nitrogen and oxygen atoms in total. The largest absolute Gasteiger partial charge is 0.383 e. The van der Waals surface area contributed by atoms with Crippen molar-refractivity contribution in [3.05, 3.63) is 47.2 Å². The van der Waals surface area contributed by atoms with Crippen molar-refractivity contribution in [1.82, 2.24) is 19.9 Å². The first-order chi connectivity index (χ1) is 14.4. The lowest BCUT2D eigenvalue weighted by Gasteiger charge is -2.39. The lowest BCUT2D eigenvalue weighted by molar-refractivity contribution is -0.117. The number of hydrogen-bond acceptors (Lipinski definition) is 6. The fraction of sp³-hybridized carbons (Fsp3) is 0.500. The Bertz CT molecular complexity index is 965. The van der Waals surface area contributed by atoms with E-state index >= 15 is 0 Å². The average Bonchev–Trinajstić information content (AvgIpc) is 3.08. The van der Waals surface area contributed by atoms with E-state index in [0.717, 1.165) is 24.1 Å². The molecule has 2 amide bonds. The van der Waals surface area contributed by atoms with Gasteiger partial charge < -0.3 is 9.64 Å². The van der Waals surface area contributed by atoms with Gasteiger partial charge in [0.05, 0.1) is 19.6 Å². The summed E-state index contributed by atoms with van der Waals surface area (Å²) in [5.74, 6) is 1.42. The summed E-state index contributed by atoms with van der Waals surface area (Å²) < 4.78 is 5.16. The highest BCUT2D eigenvalue weighted by Crippen LogP contribution is 2.36. The first-order valence-corrected chi connectivity index (χ1v) is 10.3. The van der Waals surface area contributed by atoms with Gasteiger partial charge >= 0.3 is 0 Å². The van der Waals surface area contributed by atoms with Gasteiger partial charge in [0.25, 0.3) is 5.91 Å². The number of rotatable bonds is 5. The van der Waals surface area contributed by atoms with E-state index in [2.05, 4.69) is 11.9 Å². The second-order valence-electron chi connectivity index (χ2n) is 8.28. The van der Waals surface area contributed by atoms with Crippen LogP contribution in [0, 0.1) is 6.92 Å². The Kier molecular flexibility index (Phi) is 5.51. The highest BCUT2D eigenvalue weighted by atomic mass is 16.5. The number of pyridine rings is 1. The van der Waals surface area contributed by atoms with Crippen LogP contribution in [0.15, 0.2) is 24.5 Å². The molecule has 0 radical (unpaired) electrons. The molecule has 1 unspecified atom stereocenters. The zero-order chi connectivity index (χ0) is 21.3. The number of amides is 2. The lowest BCUT2D eigenvalue weighted by Crippen LogP contribution is -2.48. The number of aryl methyl sites for hydroxylation is 1. The summed E-state index contributed by atoms with van der Waals surface area (Å²) in [6, 6.07) is 3.48. The maximum absolute atomic E-state index is 13.0. The van der Waals surface area contributed by atoms with E-state index in [1.54, 1.807) is 36.5 Å². The minimum Gasteiger partial charge on any atom is -0.383 e. The maximum Gasteiger partial charge on any atom is 0.253 e. The molecular formula is C22H27N5O3. The molecule has 4 heterocycles. The first-order valence-electron chi connectivity index (χ1n) is 10.3. The van der Waals surface area contributed by atoms with Crippen LogP contribution in [-0.2, 0) is 21.4 Å². The molecule has 2 aliphatic heterocycles. The normalized spacial score (nSPS) is 21.1. The van der Waals surface area contributed by atoms with Crippen LogP contribution in [0.4, 0.5) is 5.82 Å². The fourth-order valence-corrected chi connectivity index (χ4v) is 4.33. The Hall–Kier alpha value is -2.87. The van der Waals surface area contributed by atoms with Gasteiger partial charge in [0, 0.05) is 54.8 Å². The van der Waals surface area contributed by atoms with E-state index in [1.807, 2.05) is 11.8 Å². The molecular weight excluding hydrogens is 382 g/mol. The van der Waals surface area contributed by atoms with Gasteiger partial charge in [-0.05, 0) is 31.9 Å². The van der Waals surface area contributed by atoms with Crippen LogP contribution < -0.4 is 4.90 Å². The number of fused-ring (bicyclic) bond motifs is 1. The molecule has 1 atom stereocenters. The molecule has 0 saturated carbocycles. The summed E-state index contributed by atoms with van der Waals surface area (Å²) in [6.45, 7) is 6.22. The van der Waals surface area contributed by atoms with E-state index in [1.165, 1.54) is 0 Å². The monoisotopic (exact) mass is 409 g/mol. The van der Waals surface area contributed by atoms with Gasteiger partial charge in [-0.15, -0.1) is 0 Å². The van der Waals surface area contributed by atoms with E-state index in [9.17, 15) is 9.59 Å². The molecule has 0 aliphatic carbocycles. The van der Waals surface area contributed by atoms with Crippen LogP contribution in [0.1, 0.15) is 47.2 Å². The van der Waals surface area contributed by atoms with Crippen molar-refractivity contribution in [2.75, 3.05) is 38.3 Å². The molecule has 2 aliphatic rings. The van der Waals surface area contributed by atoms with Crippen molar-refractivity contribution in [3.63, 3.8) is 0 Å². The summed E-state index contributed by atoms with van der Waals surface area (Å²) in [6.07, 6.45) is 5.36. The van der Waals surface area contributed by atoms with Gasteiger partial charge in [-0.25, -0.2) is 9.97 Å². The molecule has 8 heteroatoms. The molecule has 0 aromatic carbocycles. The van der Waals surface area contributed by atoms with Crippen molar-refractivity contribution >= 4 is 17.6 Å². The minimum atomic E-state index is -0.376. The van der Waals surface area contributed by atoms with Crippen LogP contribution in [0.3, 0.4) is 0 Å². The zero-order valence-corrected chi connectivity index (χ0v) is 17.7. The summed E-state index contributed by atoms with van der Waals surface area (Å²) in [5, 5.41) is 0.